The molecule has 1 aromatic carbocycles. The van der Waals surface area contributed by atoms with Crippen LogP contribution in [-0.2, 0) is 19.0 Å². The lowest BCUT2D eigenvalue weighted by molar-refractivity contribution is 0.175. The largest absolute Gasteiger partial charge is 0.353 e. The zero-order valence-electron chi connectivity index (χ0n) is 22.1. The van der Waals surface area contributed by atoms with Gasteiger partial charge in [0.1, 0.15) is 17.7 Å². The van der Waals surface area contributed by atoms with Gasteiger partial charge in [0, 0.05) is 48.7 Å². The topological polar surface area (TPSA) is 71.7 Å². The average Bonchev–Trinajstić information content (AvgIpc) is 3.49. The number of aryl methyl sites for hydroxylation is 1. The van der Waals surface area contributed by atoms with Crippen molar-refractivity contribution in [3.8, 4) is 5.69 Å². The summed E-state index contributed by atoms with van der Waals surface area (Å²) in [6, 6.07) is 10.5. The third-order valence-corrected chi connectivity index (χ3v) is 8.45. The lowest BCUT2D eigenvalue weighted by Gasteiger charge is -2.46. The van der Waals surface area contributed by atoms with Crippen LogP contribution in [0, 0.1) is 11.8 Å². The van der Waals surface area contributed by atoms with Gasteiger partial charge in [-0.05, 0) is 67.8 Å². The Hall–Kier alpha value is -3.45. The monoisotopic (exact) mass is 496 g/mol. The SMILES string of the molecule is C=Cc1cn(-c2cccc(C3(c4nncn4C)CC(C)C3)c2)c(=O)c2[nH]c(CN3CCC[C@H](C)C3)cc12. The minimum absolute atomic E-state index is 0.0364. The minimum Gasteiger partial charge on any atom is -0.353 e. The van der Waals surface area contributed by atoms with Crippen LogP contribution in [0.4, 0.5) is 0 Å². The van der Waals surface area contributed by atoms with Gasteiger partial charge >= 0.3 is 0 Å². The Morgan fingerprint density at radius 2 is 2.05 bits per heavy atom. The zero-order valence-corrected chi connectivity index (χ0v) is 22.1. The molecule has 1 aliphatic carbocycles. The standard InChI is InChI=1S/C30H36N6O/c1-5-22-17-36(28(37)27-26(22)13-24(32-27)18-35-11-7-8-20(2)16-35)25-10-6-9-23(12-25)30(14-21(3)15-30)29-33-31-19-34(29)4/h5-6,9-10,12-13,17,19-21,32H,1,7-8,11,14-16,18H2,2-4H3/t20-,21?,30?/m0/s1. The molecule has 1 atom stereocenters. The molecule has 0 amide bonds. The summed E-state index contributed by atoms with van der Waals surface area (Å²) >= 11 is 0. The first-order valence-corrected chi connectivity index (χ1v) is 13.5. The number of rotatable bonds is 6. The van der Waals surface area contributed by atoms with Crippen molar-refractivity contribution >= 4 is 17.0 Å². The summed E-state index contributed by atoms with van der Waals surface area (Å²) in [6.45, 7) is 11.7. The summed E-state index contributed by atoms with van der Waals surface area (Å²) in [5.41, 5.74) is 4.50. The van der Waals surface area contributed by atoms with Crippen molar-refractivity contribution in [1.82, 2.24) is 29.2 Å². The van der Waals surface area contributed by atoms with E-state index in [-0.39, 0.29) is 11.0 Å². The number of benzene rings is 1. The third kappa shape index (κ3) is 4.06. The molecule has 37 heavy (non-hydrogen) atoms. The molecule has 1 aliphatic heterocycles. The number of H-pyrrole nitrogens is 1. The van der Waals surface area contributed by atoms with Crippen LogP contribution in [-0.4, -0.2) is 42.3 Å². The third-order valence-electron chi connectivity index (χ3n) is 8.45. The normalized spacial score (nSPS) is 24.3. The molecule has 6 rings (SSSR count). The molecule has 2 aliphatic rings. The summed E-state index contributed by atoms with van der Waals surface area (Å²) in [7, 11) is 2.01. The molecule has 0 bridgehead atoms. The molecular weight excluding hydrogens is 460 g/mol. The van der Waals surface area contributed by atoms with E-state index in [0.717, 1.165) is 66.5 Å². The predicted octanol–water partition coefficient (Wildman–Crippen LogP) is 5.04. The zero-order chi connectivity index (χ0) is 25.7. The number of hydrogen-bond donors (Lipinski definition) is 1. The Balaban J connectivity index is 1.41. The second-order valence-corrected chi connectivity index (χ2v) is 11.4. The Morgan fingerprint density at radius 3 is 2.76 bits per heavy atom. The minimum atomic E-state index is -0.180. The van der Waals surface area contributed by atoms with Gasteiger partial charge in [-0.25, -0.2) is 0 Å². The van der Waals surface area contributed by atoms with Crippen LogP contribution in [0.3, 0.4) is 0 Å². The molecule has 1 saturated heterocycles. The number of aromatic nitrogens is 5. The summed E-state index contributed by atoms with van der Waals surface area (Å²) in [5.74, 6) is 2.32. The van der Waals surface area contributed by atoms with Gasteiger partial charge in [-0.15, -0.1) is 10.2 Å². The highest BCUT2D eigenvalue weighted by Crippen LogP contribution is 2.51. The molecule has 4 aromatic rings. The van der Waals surface area contributed by atoms with E-state index in [9.17, 15) is 4.79 Å². The Bertz CT molecular complexity index is 1520. The molecule has 4 heterocycles. The second kappa shape index (κ2) is 9.14. The van der Waals surface area contributed by atoms with Gasteiger partial charge in [-0.2, -0.15) is 0 Å². The predicted molar refractivity (Wildman–Crippen MR) is 148 cm³/mol. The van der Waals surface area contributed by atoms with E-state index in [1.807, 2.05) is 36.0 Å². The van der Waals surface area contributed by atoms with Crippen LogP contribution in [0.2, 0.25) is 0 Å². The van der Waals surface area contributed by atoms with Crippen LogP contribution in [0.1, 0.15) is 62.2 Å². The van der Waals surface area contributed by atoms with Crippen LogP contribution in [0.5, 0.6) is 0 Å². The van der Waals surface area contributed by atoms with Crippen LogP contribution in [0.25, 0.3) is 22.7 Å². The van der Waals surface area contributed by atoms with Gasteiger partial charge in [0.2, 0.25) is 0 Å². The van der Waals surface area contributed by atoms with E-state index in [2.05, 4.69) is 58.7 Å². The molecule has 7 heteroatoms. The van der Waals surface area contributed by atoms with Crippen molar-refractivity contribution in [1.29, 1.82) is 0 Å². The lowest BCUT2D eigenvalue weighted by Crippen LogP contribution is -2.43. The van der Waals surface area contributed by atoms with Crippen molar-refractivity contribution in [2.24, 2.45) is 18.9 Å². The maximum Gasteiger partial charge on any atom is 0.279 e. The van der Waals surface area contributed by atoms with Crippen LogP contribution >= 0.6 is 0 Å². The molecule has 3 aromatic heterocycles. The van der Waals surface area contributed by atoms with Crippen molar-refractivity contribution < 1.29 is 0 Å². The molecule has 0 spiro atoms. The molecule has 0 radical (unpaired) electrons. The number of aromatic amines is 1. The number of nitrogens with zero attached hydrogens (tertiary/aromatic N) is 5. The van der Waals surface area contributed by atoms with Crippen molar-refractivity contribution in [3.63, 3.8) is 0 Å². The number of likely N-dealkylation sites (tertiary alicyclic amines) is 1. The quantitative estimate of drug-likeness (QED) is 0.406. The Morgan fingerprint density at radius 1 is 1.22 bits per heavy atom. The second-order valence-electron chi connectivity index (χ2n) is 11.4. The smallest absolute Gasteiger partial charge is 0.279 e. The van der Waals surface area contributed by atoms with Gasteiger partial charge in [0.05, 0.1) is 5.41 Å². The summed E-state index contributed by atoms with van der Waals surface area (Å²) in [5, 5.41) is 9.59. The lowest BCUT2D eigenvalue weighted by atomic mass is 9.58. The number of hydrogen-bond acceptors (Lipinski definition) is 4. The Labute approximate surface area is 217 Å². The summed E-state index contributed by atoms with van der Waals surface area (Å²) in [6.07, 6.45) is 10.1. The van der Waals surface area contributed by atoms with Crippen LogP contribution in [0.15, 0.2) is 54.2 Å². The van der Waals surface area contributed by atoms with Crippen molar-refractivity contribution in [2.45, 2.75) is 51.5 Å². The summed E-state index contributed by atoms with van der Waals surface area (Å²) < 4.78 is 3.79. The highest BCUT2D eigenvalue weighted by molar-refractivity contribution is 5.88. The van der Waals surface area contributed by atoms with Gasteiger partial charge in [-0.3, -0.25) is 14.3 Å². The van der Waals surface area contributed by atoms with Gasteiger partial charge in [-0.1, -0.05) is 38.6 Å². The first-order chi connectivity index (χ1) is 17.9. The molecule has 0 unspecified atom stereocenters. The fourth-order valence-electron chi connectivity index (χ4n) is 6.75. The van der Waals surface area contributed by atoms with E-state index in [0.29, 0.717) is 11.4 Å². The first-order valence-electron chi connectivity index (χ1n) is 13.5. The molecule has 1 N–H and O–H groups in total. The van der Waals surface area contributed by atoms with Crippen molar-refractivity contribution in [3.05, 3.63) is 82.4 Å². The van der Waals surface area contributed by atoms with E-state index >= 15 is 0 Å². The molecule has 1 saturated carbocycles. The number of piperidine rings is 1. The molecule has 7 nitrogen and oxygen atoms in total. The van der Waals surface area contributed by atoms with E-state index in [4.69, 9.17) is 0 Å². The van der Waals surface area contributed by atoms with Gasteiger partial charge < -0.3 is 9.55 Å². The van der Waals surface area contributed by atoms with Crippen LogP contribution < -0.4 is 5.56 Å². The number of nitrogens with one attached hydrogen (secondary N) is 1. The molecule has 192 valence electrons. The number of pyridine rings is 1. The maximum atomic E-state index is 13.8. The fraction of sp³-hybridized carbons (Fsp3) is 0.433. The first kappa shape index (κ1) is 23.9. The molecular formula is C30H36N6O. The average molecular weight is 497 g/mol. The van der Waals surface area contributed by atoms with Gasteiger partial charge in [0.15, 0.2) is 0 Å². The summed E-state index contributed by atoms with van der Waals surface area (Å²) in [4.78, 5) is 19.7. The maximum absolute atomic E-state index is 13.8. The van der Waals surface area contributed by atoms with Crippen molar-refractivity contribution in [2.75, 3.05) is 13.1 Å². The van der Waals surface area contributed by atoms with E-state index < -0.39 is 0 Å². The highest BCUT2D eigenvalue weighted by Gasteiger charge is 2.48. The highest BCUT2D eigenvalue weighted by atomic mass is 16.1. The van der Waals surface area contributed by atoms with E-state index in [1.165, 1.54) is 18.4 Å². The van der Waals surface area contributed by atoms with E-state index in [1.54, 1.807) is 10.9 Å². The fourth-order valence-corrected chi connectivity index (χ4v) is 6.75. The Kier molecular flexibility index (Phi) is 5.91. The number of fused-ring (bicyclic) bond motifs is 1. The van der Waals surface area contributed by atoms with Gasteiger partial charge in [0.25, 0.3) is 5.56 Å². The molecule has 2 fully saturated rings.